The van der Waals surface area contributed by atoms with Crippen molar-refractivity contribution in [3.63, 3.8) is 0 Å². The SMILES string of the molecule is COc1ccc2c(P(C)(C)=O)c(C)ccc2n1. The first kappa shape index (κ1) is 12.1. The summed E-state index contributed by atoms with van der Waals surface area (Å²) in [7, 11) is -0.715. The maximum Gasteiger partial charge on any atom is 0.213 e. The van der Waals surface area contributed by atoms with Crippen molar-refractivity contribution in [3.8, 4) is 5.88 Å². The van der Waals surface area contributed by atoms with Gasteiger partial charge in [-0.15, -0.1) is 0 Å². The van der Waals surface area contributed by atoms with Crippen LogP contribution in [0.5, 0.6) is 5.88 Å². The molecule has 0 saturated carbocycles. The van der Waals surface area contributed by atoms with Crippen LogP contribution in [0.3, 0.4) is 0 Å². The van der Waals surface area contributed by atoms with E-state index in [0.29, 0.717) is 5.88 Å². The van der Waals surface area contributed by atoms with E-state index in [9.17, 15) is 4.57 Å². The Bertz CT molecular complexity index is 616. The molecule has 0 aliphatic rings. The van der Waals surface area contributed by atoms with E-state index in [0.717, 1.165) is 21.8 Å². The van der Waals surface area contributed by atoms with Gasteiger partial charge in [-0.05, 0) is 37.9 Å². The lowest BCUT2D eigenvalue weighted by atomic mass is 10.1. The molecule has 17 heavy (non-hydrogen) atoms. The van der Waals surface area contributed by atoms with Crippen LogP contribution in [0.1, 0.15) is 5.56 Å². The van der Waals surface area contributed by atoms with Crippen LogP contribution in [0, 0.1) is 6.92 Å². The van der Waals surface area contributed by atoms with Crippen LogP contribution in [-0.2, 0) is 4.57 Å². The van der Waals surface area contributed by atoms with Crippen LogP contribution >= 0.6 is 7.14 Å². The average molecular weight is 249 g/mol. The molecule has 0 N–H and O–H groups in total. The Hall–Kier alpha value is -1.34. The number of hydrogen-bond donors (Lipinski definition) is 0. The second kappa shape index (κ2) is 4.15. The van der Waals surface area contributed by atoms with Gasteiger partial charge in [0.25, 0.3) is 0 Å². The Balaban J connectivity index is 2.83. The number of nitrogens with zero attached hydrogens (tertiary/aromatic N) is 1. The van der Waals surface area contributed by atoms with Crippen LogP contribution in [0.25, 0.3) is 10.9 Å². The number of aryl methyl sites for hydroxylation is 1. The summed E-state index contributed by atoms with van der Waals surface area (Å²) in [6, 6.07) is 7.64. The molecule has 0 bridgehead atoms. The summed E-state index contributed by atoms with van der Waals surface area (Å²) in [5.74, 6) is 0.578. The number of methoxy groups -OCH3 is 1. The zero-order valence-electron chi connectivity index (χ0n) is 10.5. The lowest BCUT2D eigenvalue weighted by Gasteiger charge is -2.14. The average Bonchev–Trinajstić information content (AvgIpc) is 2.26. The Morgan fingerprint density at radius 2 is 1.88 bits per heavy atom. The normalized spacial score (nSPS) is 11.8. The van der Waals surface area contributed by atoms with Gasteiger partial charge in [-0.25, -0.2) is 4.98 Å². The largest absolute Gasteiger partial charge is 0.481 e. The van der Waals surface area contributed by atoms with Gasteiger partial charge in [0.15, 0.2) is 0 Å². The lowest BCUT2D eigenvalue weighted by Crippen LogP contribution is -2.09. The molecule has 90 valence electrons. The molecule has 0 radical (unpaired) electrons. The highest BCUT2D eigenvalue weighted by molar-refractivity contribution is 7.70. The third-order valence-electron chi connectivity index (χ3n) is 2.77. The van der Waals surface area contributed by atoms with Crippen molar-refractivity contribution in [1.29, 1.82) is 0 Å². The van der Waals surface area contributed by atoms with Gasteiger partial charge in [-0.3, -0.25) is 0 Å². The van der Waals surface area contributed by atoms with E-state index < -0.39 is 7.14 Å². The van der Waals surface area contributed by atoms with Crippen molar-refractivity contribution in [1.82, 2.24) is 4.98 Å². The maximum atomic E-state index is 12.3. The topological polar surface area (TPSA) is 39.2 Å². The Morgan fingerprint density at radius 1 is 1.18 bits per heavy atom. The van der Waals surface area contributed by atoms with Crippen LogP contribution in [0.2, 0.25) is 0 Å². The first-order chi connectivity index (χ1) is 7.93. The number of fused-ring (bicyclic) bond motifs is 1. The summed E-state index contributed by atoms with van der Waals surface area (Å²) in [6.45, 7) is 5.57. The summed E-state index contributed by atoms with van der Waals surface area (Å²) in [6.07, 6.45) is 0. The van der Waals surface area contributed by atoms with Crippen LogP contribution in [0.15, 0.2) is 24.3 Å². The van der Waals surface area contributed by atoms with Crippen LogP contribution < -0.4 is 10.0 Å². The molecule has 0 aliphatic heterocycles. The minimum absolute atomic E-state index is 0.578. The molecule has 0 atom stereocenters. The molecule has 2 aromatic rings. The molecule has 2 rings (SSSR count). The molecular formula is C13H16NO2P. The second-order valence-electron chi connectivity index (χ2n) is 4.50. The molecule has 0 aliphatic carbocycles. The van der Waals surface area contributed by atoms with E-state index in [1.165, 1.54) is 0 Å². The lowest BCUT2D eigenvalue weighted by molar-refractivity contribution is 0.399. The Kier molecular flexibility index (Phi) is 2.96. The summed E-state index contributed by atoms with van der Waals surface area (Å²) < 4.78 is 17.4. The first-order valence-electron chi connectivity index (χ1n) is 5.43. The fourth-order valence-electron chi connectivity index (χ4n) is 2.11. The highest BCUT2D eigenvalue weighted by atomic mass is 31.2. The number of rotatable bonds is 2. The molecule has 0 spiro atoms. The Morgan fingerprint density at radius 3 is 2.47 bits per heavy atom. The van der Waals surface area contributed by atoms with Crippen molar-refractivity contribution < 1.29 is 9.30 Å². The summed E-state index contributed by atoms with van der Waals surface area (Å²) in [5, 5.41) is 1.88. The van der Waals surface area contributed by atoms with E-state index in [1.54, 1.807) is 26.5 Å². The predicted octanol–water partition coefficient (Wildman–Crippen LogP) is 2.80. The zero-order valence-corrected chi connectivity index (χ0v) is 11.4. The number of hydrogen-bond acceptors (Lipinski definition) is 3. The molecule has 0 unspecified atom stereocenters. The summed E-state index contributed by atoms with van der Waals surface area (Å²) in [5.41, 5.74) is 1.88. The number of pyridine rings is 1. The summed E-state index contributed by atoms with van der Waals surface area (Å²) in [4.78, 5) is 4.37. The molecule has 0 amide bonds. The van der Waals surface area contributed by atoms with E-state index in [1.807, 2.05) is 25.1 Å². The van der Waals surface area contributed by atoms with E-state index >= 15 is 0 Å². The van der Waals surface area contributed by atoms with Crippen molar-refractivity contribution in [2.75, 3.05) is 20.4 Å². The van der Waals surface area contributed by atoms with Crippen molar-refractivity contribution in [3.05, 3.63) is 29.8 Å². The van der Waals surface area contributed by atoms with Crippen LogP contribution in [0.4, 0.5) is 0 Å². The first-order valence-corrected chi connectivity index (χ1v) is 8.03. The highest BCUT2D eigenvalue weighted by Crippen LogP contribution is 2.39. The smallest absolute Gasteiger partial charge is 0.213 e. The van der Waals surface area contributed by atoms with Crippen LogP contribution in [-0.4, -0.2) is 25.4 Å². The standard InChI is InChI=1S/C13H16NO2P/c1-9-5-7-11-10(13(9)17(3,4)15)6-8-12(14-11)16-2/h5-8H,1-4H3. The van der Waals surface area contributed by atoms with Gasteiger partial charge in [0, 0.05) is 16.8 Å². The molecule has 3 nitrogen and oxygen atoms in total. The van der Waals surface area contributed by atoms with Gasteiger partial charge >= 0.3 is 0 Å². The predicted molar refractivity (Wildman–Crippen MR) is 72.1 cm³/mol. The van der Waals surface area contributed by atoms with Gasteiger partial charge in [0.1, 0.15) is 7.14 Å². The quantitative estimate of drug-likeness (QED) is 0.768. The van der Waals surface area contributed by atoms with Gasteiger partial charge < -0.3 is 9.30 Å². The molecule has 4 heteroatoms. The minimum Gasteiger partial charge on any atom is -0.481 e. The van der Waals surface area contributed by atoms with E-state index in [-0.39, 0.29) is 0 Å². The molecule has 1 aromatic carbocycles. The van der Waals surface area contributed by atoms with Gasteiger partial charge in [-0.1, -0.05) is 6.07 Å². The summed E-state index contributed by atoms with van der Waals surface area (Å²) >= 11 is 0. The van der Waals surface area contributed by atoms with Crippen molar-refractivity contribution in [2.45, 2.75) is 6.92 Å². The third-order valence-corrected chi connectivity index (χ3v) is 4.44. The zero-order chi connectivity index (χ0) is 12.6. The molecular weight excluding hydrogens is 233 g/mol. The molecule has 0 saturated heterocycles. The second-order valence-corrected chi connectivity index (χ2v) is 7.65. The van der Waals surface area contributed by atoms with E-state index in [4.69, 9.17) is 4.74 Å². The van der Waals surface area contributed by atoms with Gasteiger partial charge in [0.05, 0.1) is 12.6 Å². The highest BCUT2D eigenvalue weighted by Gasteiger charge is 2.18. The fraction of sp³-hybridized carbons (Fsp3) is 0.308. The molecule has 0 fully saturated rings. The number of aromatic nitrogens is 1. The number of benzene rings is 1. The van der Waals surface area contributed by atoms with Crippen molar-refractivity contribution in [2.24, 2.45) is 0 Å². The number of ether oxygens (including phenoxy) is 1. The Labute approximate surface area is 101 Å². The van der Waals surface area contributed by atoms with Gasteiger partial charge in [0.2, 0.25) is 5.88 Å². The molecule has 1 heterocycles. The monoisotopic (exact) mass is 249 g/mol. The maximum absolute atomic E-state index is 12.3. The molecule has 1 aromatic heterocycles. The third kappa shape index (κ3) is 2.20. The fourth-order valence-corrected chi connectivity index (χ4v) is 3.80. The van der Waals surface area contributed by atoms with Gasteiger partial charge in [-0.2, -0.15) is 0 Å². The minimum atomic E-state index is -2.31. The van der Waals surface area contributed by atoms with Crippen molar-refractivity contribution >= 4 is 23.3 Å². The van der Waals surface area contributed by atoms with E-state index in [2.05, 4.69) is 4.98 Å².